The van der Waals surface area contributed by atoms with Gasteiger partial charge in [0, 0.05) is 15.7 Å². The number of halogens is 3. The first-order valence-corrected chi connectivity index (χ1v) is 6.68. The van der Waals surface area contributed by atoms with Crippen molar-refractivity contribution in [3.63, 3.8) is 0 Å². The normalized spacial score (nSPS) is 10.8. The minimum Gasteiger partial charge on any atom is -0.399 e. The van der Waals surface area contributed by atoms with Gasteiger partial charge in [0.1, 0.15) is 17.2 Å². The van der Waals surface area contributed by atoms with E-state index in [1.54, 1.807) is 24.3 Å². The van der Waals surface area contributed by atoms with E-state index in [-0.39, 0.29) is 17.3 Å². The van der Waals surface area contributed by atoms with Crippen LogP contribution in [0.3, 0.4) is 0 Å². The Bertz CT molecular complexity index is 779. The van der Waals surface area contributed by atoms with Crippen molar-refractivity contribution in [2.75, 3.05) is 5.73 Å². The van der Waals surface area contributed by atoms with E-state index in [0.29, 0.717) is 15.7 Å². The summed E-state index contributed by atoms with van der Waals surface area (Å²) in [6, 6.07) is 8.99. The van der Waals surface area contributed by atoms with Crippen LogP contribution in [-0.2, 0) is 0 Å². The lowest BCUT2D eigenvalue weighted by molar-refractivity contribution is 0.426. The van der Waals surface area contributed by atoms with E-state index in [0.717, 1.165) is 12.1 Å². The lowest BCUT2D eigenvalue weighted by atomic mass is 10.2. The summed E-state index contributed by atoms with van der Waals surface area (Å²) in [4.78, 5) is 4.02. The third-order valence-electron chi connectivity index (χ3n) is 2.82. The molecule has 0 amide bonds. The average Bonchev–Trinajstić information content (AvgIpc) is 2.87. The summed E-state index contributed by atoms with van der Waals surface area (Å²) < 4.78 is 32.9. The summed E-state index contributed by atoms with van der Waals surface area (Å²) in [7, 11) is 0. The second kappa shape index (κ2) is 5.25. The molecule has 0 saturated carbocycles. The van der Waals surface area contributed by atoms with Gasteiger partial charge in [0.2, 0.25) is 5.82 Å². The van der Waals surface area contributed by atoms with Gasteiger partial charge in [0.15, 0.2) is 0 Å². The van der Waals surface area contributed by atoms with Gasteiger partial charge in [0.05, 0.1) is 0 Å². The Balaban J connectivity index is 2.05. The average molecular weight is 352 g/mol. The Labute approximate surface area is 126 Å². The molecule has 0 saturated heterocycles. The maximum Gasteiger partial charge on any atom is 0.264 e. The first-order chi connectivity index (χ1) is 10.0. The van der Waals surface area contributed by atoms with E-state index in [4.69, 9.17) is 10.3 Å². The van der Waals surface area contributed by atoms with Crippen LogP contribution in [0.5, 0.6) is 0 Å². The van der Waals surface area contributed by atoms with Gasteiger partial charge in [0.25, 0.3) is 5.89 Å². The van der Waals surface area contributed by atoms with Crippen molar-refractivity contribution in [2.24, 2.45) is 0 Å². The summed E-state index contributed by atoms with van der Waals surface area (Å²) in [5, 5.41) is 3.73. The van der Waals surface area contributed by atoms with Gasteiger partial charge in [-0.1, -0.05) is 21.1 Å². The standard InChI is InChI=1S/C14H8BrF2N3O/c15-8-5-10(16)12(11(17)6-8)14-19-13(20-21-14)7-1-3-9(18)4-2-7/h1-6H,18H2. The molecular formula is C14H8BrF2N3O. The molecule has 106 valence electrons. The fraction of sp³-hybridized carbons (Fsp3) is 0. The zero-order chi connectivity index (χ0) is 15.0. The SMILES string of the molecule is Nc1ccc(-c2noc(-c3c(F)cc(Br)cc3F)n2)cc1. The lowest BCUT2D eigenvalue weighted by Gasteiger charge is -2.00. The van der Waals surface area contributed by atoms with Crippen LogP contribution in [0.2, 0.25) is 0 Å². The fourth-order valence-corrected chi connectivity index (χ4v) is 2.22. The van der Waals surface area contributed by atoms with E-state index in [9.17, 15) is 8.78 Å². The molecule has 2 aromatic carbocycles. The number of anilines is 1. The largest absolute Gasteiger partial charge is 0.399 e. The number of nitrogen functional groups attached to an aromatic ring is 1. The predicted octanol–water partition coefficient (Wildman–Crippen LogP) is 4.03. The molecule has 0 bridgehead atoms. The third-order valence-corrected chi connectivity index (χ3v) is 3.27. The van der Waals surface area contributed by atoms with Gasteiger partial charge < -0.3 is 10.3 Å². The first-order valence-electron chi connectivity index (χ1n) is 5.89. The molecule has 2 N–H and O–H groups in total. The highest BCUT2D eigenvalue weighted by Crippen LogP contribution is 2.29. The Hall–Kier alpha value is -2.28. The first kappa shape index (κ1) is 13.7. The molecule has 1 heterocycles. The maximum absolute atomic E-state index is 13.8. The number of rotatable bonds is 2. The minimum atomic E-state index is -0.783. The van der Waals surface area contributed by atoms with Crippen LogP contribution < -0.4 is 5.73 Å². The van der Waals surface area contributed by atoms with E-state index in [1.165, 1.54) is 0 Å². The number of nitrogens with two attached hydrogens (primary N) is 1. The number of aromatic nitrogens is 2. The zero-order valence-corrected chi connectivity index (χ0v) is 12.1. The van der Waals surface area contributed by atoms with Crippen molar-refractivity contribution in [1.29, 1.82) is 0 Å². The van der Waals surface area contributed by atoms with Crippen LogP contribution in [0.15, 0.2) is 45.4 Å². The van der Waals surface area contributed by atoms with Gasteiger partial charge >= 0.3 is 0 Å². The summed E-state index contributed by atoms with van der Waals surface area (Å²) in [6.07, 6.45) is 0. The molecule has 0 aliphatic carbocycles. The molecule has 0 spiro atoms. The molecule has 21 heavy (non-hydrogen) atoms. The van der Waals surface area contributed by atoms with E-state index >= 15 is 0 Å². The van der Waals surface area contributed by atoms with Crippen molar-refractivity contribution in [2.45, 2.75) is 0 Å². The van der Waals surface area contributed by atoms with Crippen LogP contribution in [0.1, 0.15) is 0 Å². The highest BCUT2D eigenvalue weighted by molar-refractivity contribution is 9.10. The highest BCUT2D eigenvalue weighted by atomic mass is 79.9. The topological polar surface area (TPSA) is 64.9 Å². The van der Waals surface area contributed by atoms with Gasteiger partial charge in [-0.3, -0.25) is 0 Å². The summed E-state index contributed by atoms with van der Waals surface area (Å²) in [6.45, 7) is 0. The molecule has 0 aliphatic rings. The number of hydrogen-bond donors (Lipinski definition) is 1. The monoisotopic (exact) mass is 351 g/mol. The van der Waals surface area contributed by atoms with Crippen molar-refractivity contribution >= 4 is 21.6 Å². The predicted molar refractivity (Wildman–Crippen MR) is 77.2 cm³/mol. The summed E-state index contributed by atoms with van der Waals surface area (Å²) >= 11 is 3.01. The number of nitrogens with zero attached hydrogens (tertiary/aromatic N) is 2. The molecule has 3 aromatic rings. The van der Waals surface area contributed by atoms with Crippen molar-refractivity contribution in [3.05, 3.63) is 52.5 Å². The maximum atomic E-state index is 13.8. The number of benzene rings is 2. The van der Waals surface area contributed by atoms with Gasteiger partial charge in [-0.2, -0.15) is 4.98 Å². The molecule has 4 nitrogen and oxygen atoms in total. The van der Waals surface area contributed by atoms with Crippen molar-refractivity contribution in [3.8, 4) is 22.8 Å². The van der Waals surface area contributed by atoms with Crippen LogP contribution >= 0.6 is 15.9 Å². The molecule has 0 fully saturated rings. The Kier molecular flexibility index (Phi) is 3.42. The molecule has 0 radical (unpaired) electrons. The highest BCUT2D eigenvalue weighted by Gasteiger charge is 2.19. The van der Waals surface area contributed by atoms with Crippen molar-refractivity contribution < 1.29 is 13.3 Å². The molecule has 0 atom stereocenters. The second-order valence-electron chi connectivity index (χ2n) is 4.29. The molecule has 0 aliphatic heterocycles. The minimum absolute atomic E-state index is 0.218. The Morgan fingerprint density at radius 1 is 1.05 bits per heavy atom. The molecule has 3 rings (SSSR count). The Morgan fingerprint density at radius 2 is 1.67 bits per heavy atom. The van der Waals surface area contributed by atoms with E-state index < -0.39 is 11.6 Å². The molecule has 7 heteroatoms. The molecule has 1 aromatic heterocycles. The number of hydrogen-bond acceptors (Lipinski definition) is 4. The second-order valence-corrected chi connectivity index (χ2v) is 5.21. The van der Waals surface area contributed by atoms with E-state index in [1.807, 2.05) is 0 Å². The molecule has 0 unspecified atom stereocenters. The quantitative estimate of drug-likeness (QED) is 0.708. The van der Waals surface area contributed by atoms with Crippen LogP contribution in [0.4, 0.5) is 14.5 Å². The summed E-state index contributed by atoms with van der Waals surface area (Å²) in [5.41, 5.74) is 6.46. The van der Waals surface area contributed by atoms with Gasteiger partial charge in [-0.25, -0.2) is 8.78 Å². The Morgan fingerprint density at radius 3 is 2.29 bits per heavy atom. The van der Waals surface area contributed by atoms with Gasteiger partial charge in [-0.15, -0.1) is 0 Å². The molecular weight excluding hydrogens is 344 g/mol. The van der Waals surface area contributed by atoms with Crippen LogP contribution in [0.25, 0.3) is 22.8 Å². The van der Waals surface area contributed by atoms with Crippen LogP contribution in [0, 0.1) is 11.6 Å². The lowest BCUT2D eigenvalue weighted by Crippen LogP contribution is -1.91. The fourth-order valence-electron chi connectivity index (χ4n) is 1.82. The van der Waals surface area contributed by atoms with E-state index in [2.05, 4.69) is 26.1 Å². The zero-order valence-electron chi connectivity index (χ0n) is 10.5. The summed E-state index contributed by atoms with van der Waals surface area (Å²) in [5.74, 6) is -1.56. The van der Waals surface area contributed by atoms with Gasteiger partial charge in [-0.05, 0) is 36.4 Å². The van der Waals surface area contributed by atoms with Crippen LogP contribution in [-0.4, -0.2) is 10.1 Å². The van der Waals surface area contributed by atoms with Crippen molar-refractivity contribution in [1.82, 2.24) is 10.1 Å². The third kappa shape index (κ3) is 2.64. The smallest absolute Gasteiger partial charge is 0.264 e.